The van der Waals surface area contributed by atoms with Crippen molar-refractivity contribution in [2.45, 2.75) is 18.6 Å². The first kappa shape index (κ1) is 5.89. The molecule has 0 bridgehead atoms. The van der Waals surface area contributed by atoms with E-state index in [-0.39, 0.29) is 0 Å². The smallest absolute Gasteiger partial charge is 0.0602 e. The van der Waals surface area contributed by atoms with Gasteiger partial charge in [-0.25, -0.2) is 0 Å². The van der Waals surface area contributed by atoms with Crippen LogP contribution in [0.1, 0.15) is 13.3 Å². The van der Waals surface area contributed by atoms with Crippen molar-refractivity contribution in [3.8, 4) is 0 Å². The maximum absolute atomic E-state index is 3.93. The van der Waals surface area contributed by atoms with Crippen molar-refractivity contribution in [2.75, 3.05) is 0 Å². The molecule has 44 valence electrons. The van der Waals surface area contributed by atoms with Crippen LogP contribution in [0.3, 0.4) is 0 Å². The maximum Gasteiger partial charge on any atom is 0.0602 e. The molecule has 0 saturated heterocycles. The Kier molecular flexibility index (Phi) is 2.15. The summed E-state index contributed by atoms with van der Waals surface area (Å²) in [4.78, 5) is 3.93. The number of hydrogen-bond donors (Lipinski definition) is 0. The first-order valence-corrected chi connectivity index (χ1v) is 3.71. The molecule has 0 radical (unpaired) electrons. The SMILES string of the molecule is CCC1C=CN=CS1. The van der Waals surface area contributed by atoms with Gasteiger partial charge >= 0.3 is 0 Å². The molecule has 0 amide bonds. The summed E-state index contributed by atoms with van der Waals surface area (Å²) in [7, 11) is 0. The summed E-state index contributed by atoms with van der Waals surface area (Å²) >= 11 is 1.78. The van der Waals surface area contributed by atoms with Gasteiger partial charge in [0.2, 0.25) is 0 Å². The molecule has 0 aromatic rings. The summed E-state index contributed by atoms with van der Waals surface area (Å²) in [5.41, 5.74) is 1.90. The van der Waals surface area contributed by atoms with E-state index >= 15 is 0 Å². The topological polar surface area (TPSA) is 12.4 Å². The Labute approximate surface area is 53.9 Å². The Bertz CT molecular complexity index is 118. The third kappa shape index (κ3) is 1.37. The fourth-order valence-corrected chi connectivity index (χ4v) is 1.22. The van der Waals surface area contributed by atoms with Crippen molar-refractivity contribution in [3.05, 3.63) is 12.3 Å². The quantitative estimate of drug-likeness (QED) is 0.525. The highest BCUT2D eigenvalue weighted by Crippen LogP contribution is 2.15. The van der Waals surface area contributed by atoms with Crippen LogP contribution in [0.5, 0.6) is 0 Å². The Hall–Kier alpha value is -0.240. The van der Waals surface area contributed by atoms with Gasteiger partial charge in [0, 0.05) is 11.4 Å². The fraction of sp³-hybridized carbons (Fsp3) is 0.500. The molecule has 0 saturated carbocycles. The van der Waals surface area contributed by atoms with Crippen LogP contribution in [-0.4, -0.2) is 10.8 Å². The van der Waals surface area contributed by atoms with E-state index in [1.807, 2.05) is 11.7 Å². The molecule has 1 unspecified atom stereocenters. The highest BCUT2D eigenvalue weighted by Gasteiger charge is 2.00. The van der Waals surface area contributed by atoms with Crippen molar-refractivity contribution in [1.29, 1.82) is 0 Å². The fourth-order valence-electron chi connectivity index (χ4n) is 0.572. The summed E-state index contributed by atoms with van der Waals surface area (Å²) in [5.74, 6) is 0. The van der Waals surface area contributed by atoms with Gasteiger partial charge in [0.25, 0.3) is 0 Å². The number of nitrogens with zero attached hydrogens (tertiary/aromatic N) is 1. The first-order valence-electron chi connectivity index (χ1n) is 2.77. The molecule has 1 rings (SSSR count). The zero-order valence-electron chi connectivity index (χ0n) is 4.87. The summed E-state index contributed by atoms with van der Waals surface area (Å²) < 4.78 is 0. The van der Waals surface area contributed by atoms with Crippen LogP contribution in [0.25, 0.3) is 0 Å². The van der Waals surface area contributed by atoms with Crippen LogP contribution in [-0.2, 0) is 0 Å². The average molecular weight is 127 g/mol. The lowest BCUT2D eigenvalue weighted by Crippen LogP contribution is -1.96. The van der Waals surface area contributed by atoms with Crippen LogP contribution in [0.4, 0.5) is 0 Å². The van der Waals surface area contributed by atoms with Gasteiger partial charge in [-0.3, -0.25) is 4.99 Å². The van der Waals surface area contributed by atoms with Gasteiger partial charge in [0.15, 0.2) is 0 Å². The molecular formula is C6H9NS. The van der Waals surface area contributed by atoms with Crippen molar-refractivity contribution >= 4 is 17.3 Å². The Morgan fingerprint density at radius 3 is 3.00 bits per heavy atom. The minimum Gasteiger partial charge on any atom is -0.258 e. The lowest BCUT2D eigenvalue weighted by Gasteiger charge is -2.06. The molecule has 0 aromatic carbocycles. The lowest BCUT2D eigenvalue weighted by atomic mass is 10.3. The zero-order chi connectivity index (χ0) is 5.82. The average Bonchev–Trinajstić information content (AvgIpc) is 1.90. The summed E-state index contributed by atoms with van der Waals surface area (Å²) in [5, 5.41) is 0.674. The Balaban J connectivity index is 2.40. The monoisotopic (exact) mass is 127 g/mol. The van der Waals surface area contributed by atoms with E-state index in [0.717, 1.165) is 0 Å². The van der Waals surface area contributed by atoms with Crippen molar-refractivity contribution in [1.82, 2.24) is 0 Å². The van der Waals surface area contributed by atoms with E-state index in [0.29, 0.717) is 5.25 Å². The van der Waals surface area contributed by atoms with Crippen LogP contribution in [0, 0.1) is 0 Å². The van der Waals surface area contributed by atoms with Gasteiger partial charge in [0.1, 0.15) is 0 Å². The van der Waals surface area contributed by atoms with Gasteiger partial charge in [-0.1, -0.05) is 13.0 Å². The van der Waals surface area contributed by atoms with Gasteiger partial charge < -0.3 is 0 Å². The zero-order valence-corrected chi connectivity index (χ0v) is 5.69. The van der Waals surface area contributed by atoms with E-state index < -0.39 is 0 Å². The van der Waals surface area contributed by atoms with Crippen LogP contribution in [0.15, 0.2) is 17.3 Å². The van der Waals surface area contributed by atoms with E-state index in [1.165, 1.54) is 6.42 Å². The molecule has 0 spiro atoms. The van der Waals surface area contributed by atoms with Crippen molar-refractivity contribution < 1.29 is 0 Å². The molecule has 0 fully saturated rings. The number of thioether (sulfide) groups is 1. The summed E-state index contributed by atoms with van der Waals surface area (Å²) in [6.45, 7) is 2.18. The van der Waals surface area contributed by atoms with Gasteiger partial charge in [-0.05, 0) is 6.42 Å². The molecule has 1 aliphatic rings. The number of hydrogen-bond acceptors (Lipinski definition) is 2. The number of rotatable bonds is 1. The first-order chi connectivity index (χ1) is 3.93. The minimum atomic E-state index is 0.674. The maximum atomic E-state index is 3.93. The molecule has 1 nitrogen and oxygen atoms in total. The largest absolute Gasteiger partial charge is 0.258 e. The number of aliphatic imine (C=N–C) groups is 1. The molecule has 1 atom stereocenters. The Morgan fingerprint density at radius 2 is 2.62 bits per heavy atom. The predicted octanol–water partition coefficient (Wildman–Crippen LogP) is 2.05. The van der Waals surface area contributed by atoms with Gasteiger partial charge in [-0.15, -0.1) is 11.8 Å². The lowest BCUT2D eigenvalue weighted by molar-refractivity contribution is 0.977. The van der Waals surface area contributed by atoms with Crippen LogP contribution < -0.4 is 0 Å². The molecular weight excluding hydrogens is 118 g/mol. The van der Waals surface area contributed by atoms with Crippen LogP contribution in [0.2, 0.25) is 0 Å². The van der Waals surface area contributed by atoms with Crippen LogP contribution >= 0.6 is 11.8 Å². The van der Waals surface area contributed by atoms with E-state index in [9.17, 15) is 0 Å². The standard InChI is InChI=1S/C6H9NS/c1-2-6-3-4-7-5-8-6/h3-6H,2H2,1H3. The third-order valence-corrected chi connectivity index (χ3v) is 2.17. The summed E-state index contributed by atoms with van der Waals surface area (Å²) in [6.07, 6.45) is 5.20. The molecule has 0 aliphatic carbocycles. The Morgan fingerprint density at radius 1 is 1.75 bits per heavy atom. The van der Waals surface area contributed by atoms with Gasteiger partial charge in [-0.2, -0.15) is 0 Å². The van der Waals surface area contributed by atoms with E-state index in [2.05, 4.69) is 18.0 Å². The molecule has 8 heavy (non-hydrogen) atoms. The third-order valence-electron chi connectivity index (χ3n) is 1.09. The molecule has 2 heteroatoms. The molecule has 1 aliphatic heterocycles. The predicted molar refractivity (Wildman–Crippen MR) is 39.3 cm³/mol. The second-order valence-electron chi connectivity index (χ2n) is 1.68. The van der Waals surface area contributed by atoms with Crippen molar-refractivity contribution in [2.24, 2.45) is 4.99 Å². The van der Waals surface area contributed by atoms with E-state index in [1.54, 1.807) is 11.8 Å². The molecule has 0 aromatic heterocycles. The molecule has 1 heterocycles. The second kappa shape index (κ2) is 2.92. The highest BCUT2D eigenvalue weighted by molar-refractivity contribution is 8.12. The molecule has 0 N–H and O–H groups in total. The van der Waals surface area contributed by atoms with Crippen molar-refractivity contribution in [3.63, 3.8) is 0 Å². The highest BCUT2D eigenvalue weighted by atomic mass is 32.2. The normalized spacial score (nSPS) is 26.4. The van der Waals surface area contributed by atoms with Gasteiger partial charge in [0.05, 0.1) is 5.55 Å². The second-order valence-corrected chi connectivity index (χ2v) is 2.77. The summed E-state index contributed by atoms with van der Waals surface area (Å²) in [6, 6.07) is 0. The van der Waals surface area contributed by atoms with E-state index in [4.69, 9.17) is 0 Å². The minimum absolute atomic E-state index is 0.674.